The van der Waals surface area contributed by atoms with E-state index < -0.39 is 23.5 Å². The zero-order valence-electron chi connectivity index (χ0n) is 16.0. The molecule has 0 saturated heterocycles. The lowest BCUT2D eigenvalue weighted by atomic mass is 9.78. The summed E-state index contributed by atoms with van der Waals surface area (Å²) in [5.74, 6) is -4.75. The molecule has 1 aromatic rings. The number of hydrogen-bond acceptors (Lipinski definition) is 2. The van der Waals surface area contributed by atoms with Gasteiger partial charge < -0.3 is 9.47 Å². The van der Waals surface area contributed by atoms with Crippen LogP contribution in [0.4, 0.5) is 22.0 Å². The van der Waals surface area contributed by atoms with Gasteiger partial charge in [0.1, 0.15) is 0 Å². The van der Waals surface area contributed by atoms with Crippen molar-refractivity contribution in [3.8, 4) is 5.75 Å². The van der Waals surface area contributed by atoms with Crippen LogP contribution in [0.2, 0.25) is 0 Å². The zero-order chi connectivity index (χ0) is 21.3. The summed E-state index contributed by atoms with van der Waals surface area (Å²) in [5.41, 5.74) is 0.799. The fraction of sp³-hybridized carbons (Fsp3) is 0.364. The van der Waals surface area contributed by atoms with Gasteiger partial charge in [0.2, 0.25) is 11.6 Å². The highest BCUT2D eigenvalue weighted by atomic mass is 19.3. The van der Waals surface area contributed by atoms with Gasteiger partial charge >= 0.3 is 0 Å². The van der Waals surface area contributed by atoms with E-state index in [9.17, 15) is 22.0 Å². The number of benzene rings is 1. The second-order valence-corrected chi connectivity index (χ2v) is 7.30. The van der Waals surface area contributed by atoms with E-state index in [4.69, 9.17) is 9.47 Å². The molecule has 1 aromatic carbocycles. The number of halogens is 5. The Balaban J connectivity index is 1.90. The number of allylic oxidation sites excluding steroid dienone is 3. The summed E-state index contributed by atoms with van der Waals surface area (Å²) in [6, 6.07) is 1.51. The summed E-state index contributed by atoms with van der Waals surface area (Å²) in [7, 11) is 1.22. The van der Waals surface area contributed by atoms with Crippen molar-refractivity contribution in [3.05, 3.63) is 77.1 Å². The average Bonchev–Trinajstić information content (AvgIpc) is 2.69. The van der Waals surface area contributed by atoms with Crippen LogP contribution in [0.5, 0.6) is 5.75 Å². The Morgan fingerprint density at radius 3 is 2.38 bits per heavy atom. The molecule has 2 nitrogen and oxygen atoms in total. The van der Waals surface area contributed by atoms with Gasteiger partial charge in [-0.2, -0.15) is 17.6 Å². The Kier molecular flexibility index (Phi) is 6.15. The van der Waals surface area contributed by atoms with Crippen molar-refractivity contribution in [1.82, 2.24) is 0 Å². The van der Waals surface area contributed by atoms with Crippen LogP contribution in [0.25, 0.3) is 0 Å². The van der Waals surface area contributed by atoms with Crippen molar-refractivity contribution in [2.75, 3.05) is 7.11 Å². The Morgan fingerprint density at radius 2 is 1.79 bits per heavy atom. The second kappa shape index (κ2) is 8.43. The smallest absolute Gasteiger partial charge is 0.266 e. The van der Waals surface area contributed by atoms with Gasteiger partial charge in [0, 0.05) is 12.0 Å². The fourth-order valence-electron chi connectivity index (χ4n) is 3.90. The Hall–Kier alpha value is -2.57. The van der Waals surface area contributed by atoms with E-state index >= 15 is 0 Å². The van der Waals surface area contributed by atoms with Crippen LogP contribution >= 0.6 is 0 Å². The van der Waals surface area contributed by atoms with E-state index in [1.54, 1.807) is 0 Å². The van der Waals surface area contributed by atoms with Crippen molar-refractivity contribution < 1.29 is 31.4 Å². The van der Waals surface area contributed by atoms with E-state index in [0.29, 0.717) is 31.2 Å². The van der Waals surface area contributed by atoms with Crippen molar-refractivity contribution >= 4 is 0 Å². The number of methoxy groups -OCH3 is 1. The molecule has 0 atom stereocenters. The third-order valence-corrected chi connectivity index (χ3v) is 5.46. The summed E-state index contributed by atoms with van der Waals surface area (Å²) >= 11 is 0. The van der Waals surface area contributed by atoms with E-state index in [1.165, 1.54) is 13.2 Å². The molecule has 1 fully saturated rings. The second-order valence-electron chi connectivity index (χ2n) is 7.30. The largest absolute Gasteiger partial charge is 0.494 e. The first-order chi connectivity index (χ1) is 13.7. The maximum Gasteiger partial charge on any atom is 0.266 e. The molecular formula is C22H21F5O2. The van der Waals surface area contributed by atoms with Crippen LogP contribution in [-0.2, 0) is 11.2 Å². The van der Waals surface area contributed by atoms with Crippen LogP contribution < -0.4 is 4.74 Å². The molecule has 0 bridgehead atoms. The predicted octanol–water partition coefficient (Wildman–Crippen LogP) is 6.85. The highest BCUT2D eigenvalue weighted by molar-refractivity contribution is 5.51. The van der Waals surface area contributed by atoms with E-state index in [2.05, 4.69) is 13.2 Å². The SMILES string of the molecule is C=C(OC)/C(F)=C1/Oc2c(cc(C3CCC(C=C(F)F)CC3)c(F)c2F)CC1=C. The number of fused-ring (bicyclic) bond motifs is 1. The molecule has 0 unspecified atom stereocenters. The molecule has 0 aromatic heterocycles. The zero-order valence-corrected chi connectivity index (χ0v) is 16.0. The summed E-state index contributed by atoms with van der Waals surface area (Å²) < 4.78 is 78.8. The van der Waals surface area contributed by atoms with Crippen molar-refractivity contribution in [2.45, 2.75) is 38.0 Å². The maximum absolute atomic E-state index is 14.8. The standard InChI is InChI=1S/C22H21F5O2/c1-11-8-15-10-16(14-6-4-13(5-7-14)9-17(23)24)19(26)20(27)22(15)29-21(11)18(25)12(2)28-3/h9-10,13-14H,1-2,4-8H2,3H3/b21-18-. The van der Waals surface area contributed by atoms with Gasteiger partial charge in [-0.15, -0.1) is 0 Å². The molecule has 3 rings (SSSR count). The summed E-state index contributed by atoms with van der Waals surface area (Å²) in [5, 5.41) is 0. The quantitative estimate of drug-likeness (QED) is 0.398. The summed E-state index contributed by atoms with van der Waals surface area (Å²) in [6.07, 6.45) is 1.17. The van der Waals surface area contributed by atoms with Crippen LogP contribution in [-0.4, -0.2) is 7.11 Å². The van der Waals surface area contributed by atoms with Gasteiger partial charge in [0.05, 0.1) is 7.11 Å². The van der Waals surface area contributed by atoms with Crippen molar-refractivity contribution in [3.63, 3.8) is 0 Å². The van der Waals surface area contributed by atoms with Crippen molar-refractivity contribution in [1.29, 1.82) is 0 Å². The maximum atomic E-state index is 14.8. The Morgan fingerprint density at radius 1 is 1.14 bits per heavy atom. The molecule has 7 heteroatoms. The minimum Gasteiger partial charge on any atom is -0.494 e. The van der Waals surface area contributed by atoms with Gasteiger partial charge in [-0.1, -0.05) is 13.2 Å². The minimum atomic E-state index is -1.72. The van der Waals surface area contributed by atoms with E-state index in [1.807, 2.05) is 0 Å². The molecular weight excluding hydrogens is 391 g/mol. The van der Waals surface area contributed by atoms with Gasteiger partial charge in [-0.25, -0.2) is 4.39 Å². The lowest BCUT2D eigenvalue weighted by Crippen LogP contribution is -2.18. The first-order valence-electron chi connectivity index (χ1n) is 9.25. The first-order valence-corrected chi connectivity index (χ1v) is 9.25. The Bertz CT molecular complexity index is 904. The summed E-state index contributed by atoms with van der Waals surface area (Å²) in [6.45, 7) is 7.13. The van der Waals surface area contributed by atoms with Gasteiger partial charge in [0.25, 0.3) is 6.08 Å². The third kappa shape index (κ3) is 4.23. The molecule has 0 radical (unpaired) electrons. The fourth-order valence-corrected chi connectivity index (χ4v) is 3.90. The first kappa shape index (κ1) is 21.1. The molecule has 1 saturated carbocycles. The van der Waals surface area contributed by atoms with Crippen LogP contribution in [0.15, 0.2) is 54.3 Å². The minimum absolute atomic E-state index is 0.0738. The summed E-state index contributed by atoms with van der Waals surface area (Å²) in [4.78, 5) is 0. The van der Waals surface area contributed by atoms with E-state index in [-0.39, 0.29) is 46.7 Å². The number of rotatable bonds is 4. The van der Waals surface area contributed by atoms with Crippen LogP contribution in [0.3, 0.4) is 0 Å². The van der Waals surface area contributed by atoms with E-state index in [0.717, 1.165) is 6.08 Å². The molecule has 0 amide bonds. The number of ether oxygens (including phenoxy) is 2. The highest BCUT2D eigenvalue weighted by Crippen LogP contribution is 2.43. The molecule has 0 spiro atoms. The number of hydrogen-bond donors (Lipinski definition) is 0. The molecule has 29 heavy (non-hydrogen) atoms. The molecule has 1 heterocycles. The van der Waals surface area contributed by atoms with Crippen LogP contribution in [0, 0.1) is 17.6 Å². The molecule has 0 N–H and O–H groups in total. The highest BCUT2D eigenvalue weighted by Gasteiger charge is 2.32. The lowest BCUT2D eigenvalue weighted by Gasteiger charge is -2.29. The topological polar surface area (TPSA) is 18.5 Å². The molecule has 1 aliphatic carbocycles. The third-order valence-electron chi connectivity index (χ3n) is 5.46. The van der Waals surface area contributed by atoms with Gasteiger partial charge in [-0.05, 0) is 60.8 Å². The normalized spacial score (nSPS) is 23.0. The van der Waals surface area contributed by atoms with Gasteiger partial charge in [-0.3, -0.25) is 0 Å². The Labute approximate surface area is 166 Å². The predicted molar refractivity (Wildman–Crippen MR) is 99.1 cm³/mol. The van der Waals surface area contributed by atoms with Gasteiger partial charge in [0.15, 0.2) is 23.1 Å². The lowest BCUT2D eigenvalue weighted by molar-refractivity contribution is 0.272. The van der Waals surface area contributed by atoms with Crippen molar-refractivity contribution in [2.24, 2.45) is 5.92 Å². The monoisotopic (exact) mass is 412 g/mol. The molecule has 1 aliphatic heterocycles. The van der Waals surface area contributed by atoms with Crippen LogP contribution in [0.1, 0.15) is 42.7 Å². The molecule has 2 aliphatic rings. The average molecular weight is 412 g/mol. The molecule has 156 valence electrons.